The van der Waals surface area contributed by atoms with Gasteiger partial charge in [0.25, 0.3) is 5.91 Å². The fourth-order valence-corrected chi connectivity index (χ4v) is 2.18. The normalized spacial score (nSPS) is 12.2. The largest absolute Gasteiger partial charge is 0.382 e. The zero-order valence-corrected chi connectivity index (χ0v) is 12.1. The van der Waals surface area contributed by atoms with E-state index in [2.05, 4.69) is 10.3 Å². The molecule has 2 aromatic heterocycles. The number of halogens is 1. The van der Waals surface area contributed by atoms with Gasteiger partial charge in [0.1, 0.15) is 5.69 Å². The molecule has 0 saturated heterocycles. The molecule has 2 heterocycles. The highest BCUT2D eigenvalue weighted by molar-refractivity contribution is 6.31. The number of rotatable bonds is 5. The maximum Gasteiger partial charge on any atom is 0.268 e. The van der Waals surface area contributed by atoms with Gasteiger partial charge in [-0.2, -0.15) is 0 Å². The molecule has 6 heteroatoms. The van der Waals surface area contributed by atoms with E-state index in [9.17, 15) is 4.79 Å². The number of carbonyl (C=O) groups is 1. The molecule has 20 heavy (non-hydrogen) atoms. The summed E-state index contributed by atoms with van der Waals surface area (Å²) in [6, 6.07) is 6.87. The summed E-state index contributed by atoms with van der Waals surface area (Å²) >= 11 is 5.89. The van der Waals surface area contributed by atoms with Crippen LogP contribution < -0.4 is 5.32 Å². The molecule has 106 valence electrons. The van der Waals surface area contributed by atoms with Gasteiger partial charge in [0.05, 0.1) is 23.4 Å². The SMILES string of the molecule is COC[C@H](NC(=O)c1cc(Cl)cn1C)c1ccccn1. The molecular weight excluding hydrogens is 278 g/mol. The number of nitrogens with zero attached hydrogens (tertiary/aromatic N) is 2. The number of methoxy groups -OCH3 is 1. The standard InChI is InChI=1S/C14H16ClN3O2/c1-18-8-10(15)7-13(18)14(19)17-12(9-20-2)11-5-3-4-6-16-11/h3-8,12H,9H2,1-2H3,(H,17,19)/t12-/m0/s1. The molecule has 0 radical (unpaired) electrons. The fourth-order valence-electron chi connectivity index (χ4n) is 1.93. The zero-order chi connectivity index (χ0) is 14.5. The number of nitrogens with one attached hydrogen (secondary N) is 1. The van der Waals surface area contributed by atoms with Crippen LogP contribution in [0.1, 0.15) is 22.2 Å². The second kappa shape index (κ2) is 6.54. The Kier molecular flexibility index (Phi) is 4.76. The van der Waals surface area contributed by atoms with Gasteiger partial charge in [-0.15, -0.1) is 0 Å². The molecule has 0 aliphatic rings. The van der Waals surface area contributed by atoms with Crippen LogP contribution in [0.25, 0.3) is 0 Å². The number of amides is 1. The predicted octanol–water partition coefficient (Wildman–Crippen LogP) is 2.19. The maximum absolute atomic E-state index is 12.3. The first kappa shape index (κ1) is 14.6. The molecule has 0 saturated carbocycles. The summed E-state index contributed by atoms with van der Waals surface area (Å²) in [5, 5.41) is 3.43. The summed E-state index contributed by atoms with van der Waals surface area (Å²) in [5.41, 5.74) is 1.25. The summed E-state index contributed by atoms with van der Waals surface area (Å²) in [6.07, 6.45) is 3.37. The number of ether oxygens (including phenoxy) is 1. The van der Waals surface area contributed by atoms with Gasteiger partial charge in [-0.05, 0) is 18.2 Å². The van der Waals surface area contributed by atoms with Crippen LogP contribution in [0.3, 0.4) is 0 Å². The number of aryl methyl sites for hydroxylation is 1. The molecule has 0 aliphatic carbocycles. The van der Waals surface area contributed by atoms with Crippen molar-refractivity contribution in [3.63, 3.8) is 0 Å². The smallest absolute Gasteiger partial charge is 0.268 e. The van der Waals surface area contributed by atoms with Gasteiger partial charge in [-0.1, -0.05) is 17.7 Å². The first-order chi connectivity index (χ1) is 9.61. The highest BCUT2D eigenvalue weighted by Crippen LogP contribution is 2.15. The van der Waals surface area contributed by atoms with Crippen molar-refractivity contribution < 1.29 is 9.53 Å². The molecule has 0 fully saturated rings. The van der Waals surface area contributed by atoms with Crippen LogP contribution in [0, 0.1) is 0 Å². The van der Waals surface area contributed by atoms with E-state index in [4.69, 9.17) is 16.3 Å². The zero-order valence-electron chi connectivity index (χ0n) is 11.3. The summed E-state index contributed by atoms with van der Waals surface area (Å²) < 4.78 is 6.82. The molecular formula is C14H16ClN3O2. The highest BCUT2D eigenvalue weighted by Gasteiger charge is 2.18. The Hall–Kier alpha value is -1.85. The van der Waals surface area contributed by atoms with Crippen molar-refractivity contribution in [2.24, 2.45) is 7.05 Å². The van der Waals surface area contributed by atoms with Crippen LogP contribution in [0.4, 0.5) is 0 Å². The van der Waals surface area contributed by atoms with E-state index in [1.165, 1.54) is 0 Å². The summed E-state index contributed by atoms with van der Waals surface area (Å²) in [5.74, 6) is -0.216. The van der Waals surface area contributed by atoms with Crippen molar-refractivity contribution in [3.05, 3.63) is 53.1 Å². The van der Waals surface area contributed by atoms with Crippen LogP contribution in [0.5, 0.6) is 0 Å². The molecule has 0 aliphatic heterocycles. The molecule has 1 amide bonds. The second-order valence-electron chi connectivity index (χ2n) is 4.39. The van der Waals surface area contributed by atoms with Crippen molar-refractivity contribution in [2.45, 2.75) is 6.04 Å². The Labute approximate surface area is 122 Å². The Balaban J connectivity index is 2.16. The van der Waals surface area contributed by atoms with Crippen molar-refractivity contribution >= 4 is 17.5 Å². The quantitative estimate of drug-likeness (QED) is 0.919. The maximum atomic E-state index is 12.3. The van der Waals surface area contributed by atoms with Gasteiger partial charge in [-0.3, -0.25) is 9.78 Å². The second-order valence-corrected chi connectivity index (χ2v) is 4.83. The lowest BCUT2D eigenvalue weighted by Gasteiger charge is -2.17. The number of hydrogen-bond acceptors (Lipinski definition) is 3. The minimum absolute atomic E-state index is 0.216. The molecule has 1 N–H and O–H groups in total. The van der Waals surface area contributed by atoms with Crippen LogP contribution in [0.15, 0.2) is 36.7 Å². The lowest BCUT2D eigenvalue weighted by atomic mass is 10.2. The molecule has 0 aromatic carbocycles. The minimum atomic E-state index is -0.303. The fraction of sp³-hybridized carbons (Fsp3) is 0.286. The minimum Gasteiger partial charge on any atom is -0.382 e. The first-order valence-electron chi connectivity index (χ1n) is 6.14. The van der Waals surface area contributed by atoms with E-state index in [-0.39, 0.29) is 11.9 Å². The molecule has 2 rings (SSSR count). The van der Waals surface area contributed by atoms with Crippen molar-refractivity contribution in [1.82, 2.24) is 14.9 Å². The van der Waals surface area contributed by atoms with Gasteiger partial charge in [0.2, 0.25) is 0 Å². The van der Waals surface area contributed by atoms with E-state index in [1.54, 1.807) is 37.2 Å². The van der Waals surface area contributed by atoms with E-state index in [1.807, 2.05) is 18.2 Å². The predicted molar refractivity (Wildman–Crippen MR) is 76.7 cm³/mol. The summed E-state index contributed by atoms with van der Waals surface area (Å²) in [6.45, 7) is 0.348. The molecule has 5 nitrogen and oxygen atoms in total. The van der Waals surface area contributed by atoms with Crippen LogP contribution in [-0.2, 0) is 11.8 Å². The first-order valence-corrected chi connectivity index (χ1v) is 6.52. The molecule has 2 aromatic rings. The third kappa shape index (κ3) is 3.37. The van der Waals surface area contributed by atoms with Gasteiger partial charge < -0.3 is 14.6 Å². The van der Waals surface area contributed by atoms with Crippen LogP contribution in [-0.4, -0.2) is 29.2 Å². The average Bonchev–Trinajstić information content (AvgIpc) is 2.78. The highest BCUT2D eigenvalue weighted by atomic mass is 35.5. The third-order valence-electron chi connectivity index (χ3n) is 2.89. The van der Waals surface area contributed by atoms with E-state index in [0.717, 1.165) is 5.69 Å². The Bertz CT molecular complexity index is 583. The lowest BCUT2D eigenvalue weighted by Crippen LogP contribution is -2.32. The number of pyridine rings is 1. The van der Waals surface area contributed by atoms with Gasteiger partial charge in [0.15, 0.2) is 0 Å². The summed E-state index contributed by atoms with van der Waals surface area (Å²) in [7, 11) is 3.36. The average molecular weight is 294 g/mol. The monoisotopic (exact) mass is 293 g/mol. The Morgan fingerprint density at radius 1 is 1.55 bits per heavy atom. The van der Waals surface area contributed by atoms with E-state index in [0.29, 0.717) is 17.3 Å². The lowest BCUT2D eigenvalue weighted by molar-refractivity contribution is 0.0886. The topological polar surface area (TPSA) is 56.1 Å². The van der Waals surface area contributed by atoms with Crippen LogP contribution >= 0.6 is 11.6 Å². The van der Waals surface area contributed by atoms with Crippen molar-refractivity contribution in [3.8, 4) is 0 Å². The van der Waals surface area contributed by atoms with Crippen LogP contribution in [0.2, 0.25) is 5.02 Å². The number of aromatic nitrogens is 2. The van der Waals surface area contributed by atoms with E-state index < -0.39 is 0 Å². The molecule has 1 atom stereocenters. The van der Waals surface area contributed by atoms with Gasteiger partial charge in [-0.25, -0.2) is 0 Å². The number of carbonyl (C=O) groups excluding carboxylic acids is 1. The molecule has 0 unspecified atom stereocenters. The van der Waals surface area contributed by atoms with E-state index >= 15 is 0 Å². The Morgan fingerprint density at radius 3 is 2.90 bits per heavy atom. The molecule has 0 spiro atoms. The molecule has 0 bridgehead atoms. The summed E-state index contributed by atoms with van der Waals surface area (Å²) in [4.78, 5) is 16.5. The van der Waals surface area contributed by atoms with Crippen molar-refractivity contribution in [2.75, 3.05) is 13.7 Å². The van der Waals surface area contributed by atoms with Gasteiger partial charge in [0, 0.05) is 26.6 Å². The number of hydrogen-bond donors (Lipinski definition) is 1. The Morgan fingerprint density at radius 2 is 2.35 bits per heavy atom. The van der Waals surface area contributed by atoms with Crippen molar-refractivity contribution in [1.29, 1.82) is 0 Å². The van der Waals surface area contributed by atoms with Gasteiger partial charge >= 0.3 is 0 Å². The third-order valence-corrected chi connectivity index (χ3v) is 3.09.